The first kappa shape index (κ1) is 11.5. The Kier molecular flexibility index (Phi) is 4.99. The first-order chi connectivity index (χ1) is 6.74. The molecule has 0 spiro atoms. The van der Waals surface area contributed by atoms with Gasteiger partial charge >= 0.3 is 5.97 Å². The van der Waals surface area contributed by atoms with E-state index in [4.69, 9.17) is 5.11 Å². The number of carboxylic acids is 1. The van der Waals surface area contributed by atoms with Crippen LogP contribution in [-0.4, -0.2) is 11.1 Å². The van der Waals surface area contributed by atoms with E-state index in [9.17, 15) is 4.79 Å². The minimum absolute atomic E-state index is 0.0562. The molecule has 2 heteroatoms. The van der Waals surface area contributed by atoms with Crippen molar-refractivity contribution in [3.05, 3.63) is 0 Å². The van der Waals surface area contributed by atoms with E-state index in [1.165, 1.54) is 32.1 Å². The van der Waals surface area contributed by atoms with Gasteiger partial charge < -0.3 is 5.11 Å². The van der Waals surface area contributed by atoms with Crippen LogP contribution >= 0.6 is 0 Å². The molecule has 2 nitrogen and oxygen atoms in total. The van der Waals surface area contributed by atoms with Crippen molar-refractivity contribution in [2.75, 3.05) is 0 Å². The fraction of sp³-hybridized carbons (Fsp3) is 0.917. The van der Waals surface area contributed by atoms with Crippen LogP contribution in [-0.2, 0) is 4.79 Å². The molecule has 0 saturated heterocycles. The van der Waals surface area contributed by atoms with Crippen molar-refractivity contribution in [3.63, 3.8) is 0 Å². The first-order valence-electron chi connectivity index (χ1n) is 5.96. The van der Waals surface area contributed by atoms with Crippen molar-refractivity contribution in [2.24, 2.45) is 11.8 Å². The van der Waals surface area contributed by atoms with E-state index < -0.39 is 5.97 Å². The molecule has 1 N–H and O–H groups in total. The van der Waals surface area contributed by atoms with E-state index in [0.717, 1.165) is 25.2 Å². The molecule has 0 aromatic carbocycles. The van der Waals surface area contributed by atoms with Crippen molar-refractivity contribution in [2.45, 2.75) is 58.3 Å². The molecule has 1 fully saturated rings. The lowest BCUT2D eigenvalue weighted by Gasteiger charge is -2.10. The van der Waals surface area contributed by atoms with Gasteiger partial charge in [0.1, 0.15) is 0 Å². The van der Waals surface area contributed by atoms with Crippen LogP contribution in [0, 0.1) is 11.8 Å². The SMILES string of the molecule is CCCCCCC(CC1CC1)C(=O)O. The lowest BCUT2D eigenvalue weighted by atomic mass is 9.95. The summed E-state index contributed by atoms with van der Waals surface area (Å²) >= 11 is 0. The summed E-state index contributed by atoms with van der Waals surface area (Å²) in [5.74, 6) is 0.107. The van der Waals surface area contributed by atoms with Crippen molar-refractivity contribution < 1.29 is 9.90 Å². The van der Waals surface area contributed by atoms with Gasteiger partial charge in [-0.25, -0.2) is 0 Å². The van der Waals surface area contributed by atoms with E-state index >= 15 is 0 Å². The van der Waals surface area contributed by atoms with Gasteiger partial charge in [-0.3, -0.25) is 4.79 Å². The first-order valence-corrected chi connectivity index (χ1v) is 5.96. The standard InChI is InChI=1S/C12H22O2/c1-2-3-4-5-6-11(12(13)14)9-10-7-8-10/h10-11H,2-9H2,1H3,(H,13,14). The van der Waals surface area contributed by atoms with Gasteiger partial charge in [0.2, 0.25) is 0 Å². The number of hydrogen-bond donors (Lipinski definition) is 1. The van der Waals surface area contributed by atoms with Gasteiger partial charge in [0, 0.05) is 0 Å². The van der Waals surface area contributed by atoms with Gasteiger partial charge in [-0.1, -0.05) is 45.4 Å². The van der Waals surface area contributed by atoms with Gasteiger partial charge in [0.25, 0.3) is 0 Å². The molecule has 1 unspecified atom stereocenters. The maximum absolute atomic E-state index is 10.9. The number of rotatable bonds is 8. The Labute approximate surface area is 86.7 Å². The molecule has 1 rings (SSSR count). The molecular weight excluding hydrogens is 176 g/mol. The van der Waals surface area contributed by atoms with Gasteiger partial charge in [0.05, 0.1) is 5.92 Å². The fourth-order valence-electron chi connectivity index (χ4n) is 1.92. The monoisotopic (exact) mass is 198 g/mol. The quantitative estimate of drug-likeness (QED) is 0.606. The lowest BCUT2D eigenvalue weighted by molar-refractivity contribution is -0.142. The third-order valence-electron chi connectivity index (χ3n) is 3.07. The summed E-state index contributed by atoms with van der Waals surface area (Å²) in [6.45, 7) is 2.18. The smallest absolute Gasteiger partial charge is 0.306 e. The van der Waals surface area contributed by atoms with Gasteiger partial charge in [-0.05, 0) is 18.8 Å². The molecule has 0 aromatic rings. The molecule has 1 aliphatic carbocycles. The number of carbonyl (C=O) groups is 1. The Morgan fingerprint density at radius 3 is 2.57 bits per heavy atom. The third kappa shape index (κ3) is 4.64. The molecule has 1 saturated carbocycles. The summed E-state index contributed by atoms with van der Waals surface area (Å²) in [4.78, 5) is 10.9. The second-order valence-corrected chi connectivity index (χ2v) is 4.56. The molecular formula is C12H22O2. The molecule has 0 amide bonds. The zero-order chi connectivity index (χ0) is 10.4. The highest BCUT2D eigenvalue weighted by Gasteiger charge is 2.28. The summed E-state index contributed by atoms with van der Waals surface area (Å²) < 4.78 is 0. The summed E-state index contributed by atoms with van der Waals surface area (Å²) in [6, 6.07) is 0. The fourth-order valence-corrected chi connectivity index (χ4v) is 1.92. The maximum atomic E-state index is 10.9. The van der Waals surface area contributed by atoms with Crippen LogP contribution in [0.25, 0.3) is 0 Å². The summed E-state index contributed by atoms with van der Waals surface area (Å²) in [5, 5.41) is 9.01. The number of hydrogen-bond acceptors (Lipinski definition) is 1. The number of carboxylic acid groups (broad SMARTS) is 1. The number of unbranched alkanes of at least 4 members (excludes halogenated alkanes) is 3. The van der Waals surface area contributed by atoms with Crippen LogP contribution in [0.1, 0.15) is 58.3 Å². The van der Waals surface area contributed by atoms with E-state index in [-0.39, 0.29) is 5.92 Å². The van der Waals surface area contributed by atoms with E-state index in [2.05, 4.69) is 6.92 Å². The highest BCUT2D eigenvalue weighted by atomic mass is 16.4. The minimum Gasteiger partial charge on any atom is -0.481 e. The molecule has 0 aliphatic heterocycles. The summed E-state index contributed by atoms with van der Waals surface area (Å²) in [6.07, 6.45) is 9.11. The normalized spacial score (nSPS) is 18.1. The van der Waals surface area contributed by atoms with Crippen LogP contribution in [0.4, 0.5) is 0 Å². The predicted molar refractivity (Wildman–Crippen MR) is 57.2 cm³/mol. The topological polar surface area (TPSA) is 37.3 Å². The summed E-state index contributed by atoms with van der Waals surface area (Å²) in [5.41, 5.74) is 0. The van der Waals surface area contributed by atoms with Crippen molar-refractivity contribution in [1.82, 2.24) is 0 Å². The van der Waals surface area contributed by atoms with Crippen LogP contribution in [0.5, 0.6) is 0 Å². The number of aliphatic carboxylic acids is 1. The Hall–Kier alpha value is -0.530. The Bertz CT molecular complexity index is 173. The molecule has 0 heterocycles. The van der Waals surface area contributed by atoms with E-state index in [1.54, 1.807) is 0 Å². The van der Waals surface area contributed by atoms with Crippen molar-refractivity contribution in [3.8, 4) is 0 Å². The molecule has 1 atom stereocenters. The Balaban J connectivity index is 2.10. The molecule has 82 valence electrons. The second kappa shape index (κ2) is 6.05. The van der Waals surface area contributed by atoms with E-state index in [1.807, 2.05) is 0 Å². The molecule has 0 aromatic heterocycles. The van der Waals surface area contributed by atoms with Crippen LogP contribution in [0.15, 0.2) is 0 Å². The largest absolute Gasteiger partial charge is 0.481 e. The summed E-state index contributed by atoms with van der Waals surface area (Å²) in [7, 11) is 0. The lowest BCUT2D eigenvalue weighted by Crippen LogP contribution is -2.14. The van der Waals surface area contributed by atoms with Crippen LogP contribution < -0.4 is 0 Å². The molecule has 14 heavy (non-hydrogen) atoms. The highest BCUT2D eigenvalue weighted by Crippen LogP contribution is 2.36. The molecule has 0 bridgehead atoms. The molecule has 1 aliphatic rings. The average Bonchev–Trinajstić information content (AvgIpc) is 2.93. The third-order valence-corrected chi connectivity index (χ3v) is 3.07. The molecule has 0 radical (unpaired) electrons. The average molecular weight is 198 g/mol. The zero-order valence-corrected chi connectivity index (χ0v) is 9.17. The van der Waals surface area contributed by atoms with Gasteiger partial charge in [-0.15, -0.1) is 0 Å². The highest BCUT2D eigenvalue weighted by molar-refractivity contribution is 5.69. The van der Waals surface area contributed by atoms with Crippen LogP contribution in [0.2, 0.25) is 0 Å². The van der Waals surface area contributed by atoms with Gasteiger partial charge in [0.15, 0.2) is 0 Å². The Morgan fingerprint density at radius 2 is 2.07 bits per heavy atom. The van der Waals surface area contributed by atoms with E-state index in [0.29, 0.717) is 0 Å². The second-order valence-electron chi connectivity index (χ2n) is 4.56. The minimum atomic E-state index is -0.576. The van der Waals surface area contributed by atoms with Crippen molar-refractivity contribution >= 4 is 5.97 Å². The van der Waals surface area contributed by atoms with Crippen molar-refractivity contribution in [1.29, 1.82) is 0 Å². The van der Waals surface area contributed by atoms with Gasteiger partial charge in [-0.2, -0.15) is 0 Å². The zero-order valence-electron chi connectivity index (χ0n) is 9.17. The predicted octanol–water partition coefficient (Wildman–Crippen LogP) is 3.46. The maximum Gasteiger partial charge on any atom is 0.306 e. The Morgan fingerprint density at radius 1 is 1.36 bits per heavy atom. The van der Waals surface area contributed by atoms with Crippen LogP contribution in [0.3, 0.4) is 0 Å².